The first-order chi connectivity index (χ1) is 11.2. The molecule has 1 N–H and O–H groups in total. The van der Waals surface area contributed by atoms with E-state index in [1.807, 2.05) is 31.2 Å². The summed E-state index contributed by atoms with van der Waals surface area (Å²) < 4.78 is 5.18. The molecular weight excluding hydrogens is 308 g/mol. The van der Waals surface area contributed by atoms with Crippen molar-refractivity contribution in [3.8, 4) is 17.0 Å². The highest BCUT2D eigenvalue weighted by molar-refractivity contribution is 7.16. The van der Waals surface area contributed by atoms with Crippen LogP contribution in [0.25, 0.3) is 11.3 Å². The van der Waals surface area contributed by atoms with E-state index in [4.69, 9.17) is 4.74 Å². The highest BCUT2D eigenvalue weighted by Gasteiger charge is 2.16. The van der Waals surface area contributed by atoms with Crippen molar-refractivity contribution in [2.45, 2.75) is 26.2 Å². The van der Waals surface area contributed by atoms with Gasteiger partial charge in [-0.05, 0) is 49.9 Å². The van der Waals surface area contributed by atoms with Crippen LogP contribution in [0.4, 0.5) is 5.13 Å². The number of carbonyl (C=O) groups excluding carboxylic acids is 1. The average Bonchev–Trinajstić information content (AvgIpc) is 3.17. The smallest absolute Gasteiger partial charge is 0.226 e. The first-order valence-corrected chi connectivity index (χ1v) is 8.55. The van der Waals surface area contributed by atoms with Crippen LogP contribution < -0.4 is 10.1 Å². The van der Waals surface area contributed by atoms with E-state index in [1.54, 1.807) is 7.11 Å². The van der Waals surface area contributed by atoms with Crippen LogP contribution in [0, 0.1) is 12.8 Å². The van der Waals surface area contributed by atoms with Crippen molar-refractivity contribution in [3.05, 3.63) is 41.3 Å². The third kappa shape index (κ3) is 3.79. The number of thiazole rings is 1. The van der Waals surface area contributed by atoms with E-state index in [-0.39, 0.29) is 5.91 Å². The quantitative estimate of drug-likeness (QED) is 0.827. The van der Waals surface area contributed by atoms with Gasteiger partial charge in [0.15, 0.2) is 5.13 Å². The number of benzene rings is 1. The van der Waals surface area contributed by atoms with E-state index in [0.29, 0.717) is 17.5 Å². The Morgan fingerprint density at radius 1 is 1.39 bits per heavy atom. The molecule has 5 heteroatoms. The second-order valence-electron chi connectivity index (χ2n) is 5.67. The van der Waals surface area contributed by atoms with Crippen molar-refractivity contribution in [3.63, 3.8) is 0 Å². The second-order valence-corrected chi connectivity index (χ2v) is 6.87. The molecule has 23 heavy (non-hydrogen) atoms. The summed E-state index contributed by atoms with van der Waals surface area (Å²) in [5.74, 6) is 1.23. The number of aryl methyl sites for hydroxylation is 1. The summed E-state index contributed by atoms with van der Waals surface area (Å²) in [6.45, 7) is 2.02. The monoisotopic (exact) mass is 328 g/mol. The molecule has 1 aliphatic carbocycles. The summed E-state index contributed by atoms with van der Waals surface area (Å²) in [6, 6.07) is 7.79. The van der Waals surface area contributed by atoms with Crippen LogP contribution in [0.5, 0.6) is 5.75 Å². The summed E-state index contributed by atoms with van der Waals surface area (Å²) in [6.07, 6.45) is 6.97. The van der Waals surface area contributed by atoms with Crippen LogP contribution in [0.15, 0.2) is 36.4 Å². The predicted molar refractivity (Wildman–Crippen MR) is 93.9 cm³/mol. The first-order valence-electron chi connectivity index (χ1n) is 7.74. The third-order valence-electron chi connectivity index (χ3n) is 3.97. The molecule has 0 saturated heterocycles. The largest absolute Gasteiger partial charge is 0.497 e. The fourth-order valence-corrected chi connectivity index (χ4v) is 3.59. The van der Waals surface area contributed by atoms with Gasteiger partial charge in [0.1, 0.15) is 5.75 Å². The van der Waals surface area contributed by atoms with E-state index in [2.05, 4.69) is 22.5 Å². The van der Waals surface area contributed by atoms with Crippen LogP contribution in [-0.4, -0.2) is 18.0 Å². The molecule has 3 rings (SSSR count). The number of carbonyl (C=O) groups is 1. The Labute approximate surface area is 140 Å². The maximum atomic E-state index is 12.1. The Morgan fingerprint density at radius 3 is 2.83 bits per heavy atom. The van der Waals surface area contributed by atoms with Gasteiger partial charge in [0.05, 0.1) is 12.8 Å². The minimum atomic E-state index is 0.0385. The Hall–Kier alpha value is -2.14. The normalized spacial score (nSPS) is 16.5. The number of rotatable bonds is 5. The van der Waals surface area contributed by atoms with Gasteiger partial charge in [-0.1, -0.05) is 12.2 Å². The molecule has 2 aromatic rings. The van der Waals surface area contributed by atoms with Crippen molar-refractivity contribution in [2.24, 2.45) is 5.92 Å². The van der Waals surface area contributed by atoms with Gasteiger partial charge in [-0.2, -0.15) is 0 Å². The number of ether oxygens (including phenoxy) is 1. The number of nitrogens with one attached hydrogen (secondary N) is 1. The van der Waals surface area contributed by atoms with Gasteiger partial charge >= 0.3 is 0 Å². The lowest BCUT2D eigenvalue weighted by Gasteiger charge is -2.06. The highest BCUT2D eigenvalue weighted by Crippen LogP contribution is 2.31. The number of hydrogen-bond acceptors (Lipinski definition) is 4. The molecule has 0 unspecified atom stereocenters. The standard InChI is InChI=1S/C18H20N2O2S/c1-12-17(14-7-9-15(22-2)10-8-14)20-18(23-12)19-16(21)11-13-5-3-4-6-13/h3,5,7-10,13H,4,6,11H2,1-2H3,(H,19,20,21)/t13-/m0/s1. The summed E-state index contributed by atoms with van der Waals surface area (Å²) in [5.41, 5.74) is 1.94. The maximum Gasteiger partial charge on any atom is 0.226 e. The molecule has 120 valence electrons. The molecule has 1 atom stereocenters. The number of anilines is 1. The van der Waals surface area contributed by atoms with E-state index >= 15 is 0 Å². The van der Waals surface area contributed by atoms with Crippen LogP contribution in [0.3, 0.4) is 0 Å². The number of nitrogens with zero attached hydrogens (tertiary/aromatic N) is 1. The van der Waals surface area contributed by atoms with Crippen molar-refractivity contribution in [2.75, 3.05) is 12.4 Å². The minimum absolute atomic E-state index is 0.0385. The van der Waals surface area contributed by atoms with Crippen LogP contribution >= 0.6 is 11.3 Å². The second kappa shape index (κ2) is 6.96. The van der Waals surface area contributed by atoms with Crippen molar-refractivity contribution in [1.29, 1.82) is 0 Å². The van der Waals surface area contributed by atoms with Gasteiger partial charge in [0.2, 0.25) is 5.91 Å². The van der Waals surface area contributed by atoms with E-state index in [1.165, 1.54) is 11.3 Å². The maximum absolute atomic E-state index is 12.1. The lowest BCUT2D eigenvalue weighted by Crippen LogP contribution is -2.14. The van der Waals surface area contributed by atoms with E-state index in [9.17, 15) is 4.79 Å². The molecule has 0 spiro atoms. The lowest BCUT2D eigenvalue weighted by atomic mass is 10.1. The summed E-state index contributed by atoms with van der Waals surface area (Å²) in [5, 5.41) is 3.60. The van der Waals surface area contributed by atoms with Gasteiger partial charge in [-0.25, -0.2) is 4.98 Å². The van der Waals surface area contributed by atoms with E-state index < -0.39 is 0 Å². The third-order valence-corrected chi connectivity index (χ3v) is 4.85. The summed E-state index contributed by atoms with van der Waals surface area (Å²) in [7, 11) is 1.65. The number of allylic oxidation sites excluding steroid dienone is 2. The molecule has 0 saturated carbocycles. The summed E-state index contributed by atoms with van der Waals surface area (Å²) >= 11 is 1.51. The Balaban J connectivity index is 1.69. The van der Waals surface area contributed by atoms with Crippen LogP contribution in [-0.2, 0) is 4.79 Å². The Kier molecular flexibility index (Phi) is 4.76. The molecule has 0 bridgehead atoms. The van der Waals surface area contributed by atoms with Crippen molar-refractivity contribution < 1.29 is 9.53 Å². The minimum Gasteiger partial charge on any atom is -0.497 e. The van der Waals surface area contributed by atoms with Gasteiger partial charge in [-0.15, -0.1) is 11.3 Å². The zero-order valence-corrected chi connectivity index (χ0v) is 14.2. The Bertz CT molecular complexity index is 719. The zero-order valence-electron chi connectivity index (χ0n) is 13.3. The van der Waals surface area contributed by atoms with Crippen molar-refractivity contribution in [1.82, 2.24) is 4.98 Å². The molecule has 1 aromatic carbocycles. The molecule has 1 amide bonds. The van der Waals surface area contributed by atoms with Gasteiger partial charge in [0, 0.05) is 16.9 Å². The number of methoxy groups -OCH3 is 1. The number of hydrogen-bond donors (Lipinski definition) is 1. The average molecular weight is 328 g/mol. The number of amides is 1. The number of aromatic nitrogens is 1. The molecule has 4 nitrogen and oxygen atoms in total. The van der Waals surface area contributed by atoms with Crippen molar-refractivity contribution >= 4 is 22.4 Å². The first kappa shape index (κ1) is 15.7. The predicted octanol–water partition coefficient (Wildman–Crippen LogP) is 4.42. The molecule has 1 aliphatic rings. The SMILES string of the molecule is COc1ccc(-c2nc(NC(=O)C[C@H]3C=CCC3)sc2C)cc1. The lowest BCUT2D eigenvalue weighted by molar-refractivity contribution is -0.116. The van der Waals surface area contributed by atoms with Crippen LogP contribution in [0.1, 0.15) is 24.1 Å². The molecular formula is C18H20N2O2S. The summed E-state index contributed by atoms with van der Waals surface area (Å²) in [4.78, 5) is 17.8. The van der Waals surface area contributed by atoms with Gasteiger partial charge < -0.3 is 10.1 Å². The zero-order chi connectivity index (χ0) is 16.2. The van der Waals surface area contributed by atoms with Gasteiger partial charge in [0.25, 0.3) is 0 Å². The molecule has 0 fully saturated rings. The highest BCUT2D eigenvalue weighted by atomic mass is 32.1. The topological polar surface area (TPSA) is 51.2 Å². The molecule has 1 aromatic heterocycles. The Morgan fingerprint density at radius 2 is 2.17 bits per heavy atom. The molecule has 0 radical (unpaired) electrons. The molecule has 0 aliphatic heterocycles. The van der Waals surface area contributed by atoms with Gasteiger partial charge in [-0.3, -0.25) is 4.79 Å². The fourth-order valence-electron chi connectivity index (χ4n) is 2.74. The molecule has 1 heterocycles. The van der Waals surface area contributed by atoms with E-state index in [0.717, 1.165) is 34.7 Å². The fraction of sp³-hybridized carbons (Fsp3) is 0.333. The van der Waals surface area contributed by atoms with Crippen LogP contribution in [0.2, 0.25) is 0 Å².